The van der Waals surface area contributed by atoms with E-state index in [9.17, 15) is 4.39 Å². The maximum Gasteiger partial charge on any atom is 0.126 e. The lowest BCUT2D eigenvalue weighted by atomic mass is 10.1. The largest absolute Gasteiger partial charge is 0.313 e. The van der Waals surface area contributed by atoms with Crippen molar-refractivity contribution in [1.29, 1.82) is 0 Å². The number of hydrogen-bond acceptors (Lipinski definition) is 2. The summed E-state index contributed by atoms with van der Waals surface area (Å²) in [6.45, 7) is 7.27. The number of nitrogens with zero attached hydrogens (tertiary/aromatic N) is 1. The lowest BCUT2D eigenvalue weighted by Crippen LogP contribution is -2.35. The quantitative estimate of drug-likeness (QED) is 0.784. The summed E-state index contributed by atoms with van der Waals surface area (Å²) in [5.74, 6) is -0.105. The van der Waals surface area contributed by atoms with E-state index >= 15 is 0 Å². The normalized spacial score (nSPS) is 13.0. The van der Waals surface area contributed by atoms with Crippen LogP contribution in [0.3, 0.4) is 0 Å². The average molecular weight is 238 g/mol. The molecule has 0 fully saturated rings. The molecule has 0 saturated heterocycles. The summed E-state index contributed by atoms with van der Waals surface area (Å²) in [5.41, 5.74) is 0.788. The highest BCUT2D eigenvalue weighted by Gasteiger charge is 2.06. The molecule has 96 valence electrons. The van der Waals surface area contributed by atoms with Crippen molar-refractivity contribution in [3.63, 3.8) is 0 Å². The van der Waals surface area contributed by atoms with Crippen molar-refractivity contribution in [3.8, 4) is 0 Å². The van der Waals surface area contributed by atoms with Crippen LogP contribution >= 0.6 is 0 Å². The number of halogens is 1. The van der Waals surface area contributed by atoms with Crippen LogP contribution in [0.5, 0.6) is 0 Å². The van der Waals surface area contributed by atoms with Crippen LogP contribution in [0.4, 0.5) is 4.39 Å². The Balaban J connectivity index is 2.30. The molecule has 1 rings (SSSR count). The Hall–Kier alpha value is -0.930. The second kappa shape index (κ2) is 7.41. The van der Waals surface area contributed by atoms with Crippen molar-refractivity contribution in [2.45, 2.75) is 26.3 Å². The van der Waals surface area contributed by atoms with Crippen molar-refractivity contribution < 1.29 is 4.39 Å². The van der Waals surface area contributed by atoms with E-state index in [1.54, 1.807) is 6.07 Å². The first-order valence-electron chi connectivity index (χ1n) is 6.28. The molecule has 0 aliphatic rings. The summed E-state index contributed by atoms with van der Waals surface area (Å²) in [5, 5.41) is 3.42. The SMILES string of the molecule is CCN(C)CCNC(C)Cc1ccccc1F. The van der Waals surface area contributed by atoms with Gasteiger partial charge in [0.1, 0.15) is 5.82 Å². The highest BCUT2D eigenvalue weighted by molar-refractivity contribution is 5.18. The summed E-state index contributed by atoms with van der Waals surface area (Å²) in [6.07, 6.45) is 0.739. The van der Waals surface area contributed by atoms with Crippen molar-refractivity contribution in [2.24, 2.45) is 0 Å². The monoisotopic (exact) mass is 238 g/mol. The van der Waals surface area contributed by atoms with Gasteiger partial charge in [0, 0.05) is 19.1 Å². The van der Waals surface area contributed by atoms with E-state index < -0.39 is 0 Å². The van der Waals surface area contributed by atoms with Crippen molar-refractivity contribution >= 4 is 0 Å². The topological polar surface area (TPSA) is 15.3 Å². The van der Waals surface area contributed by atoms with Gasteiger partial charge in [-0.2, -0.15) is 0 Å². The summed E-state index contributed by atoms with van der Waals surface area (Å²) >= 11 is 0. The van der Waals surface area contributed by atoms with Crippen molar-refractivity contribution in [1.82, 2.24) is 10.2 Å². The van der Waals surface area contributed by atoms with Gasteiger partial charge in [0.25, 0.3) is 0 Å². The van der Waals surface area contributed by atoms with E-state index in [-0.39, 0.29) is 5.82 Å². The molecule has 0 radical (unpaired) electrons. The Labute approximate surface area is 104 Å². The Morgan fingerprint density at radius 3 is 2.71 bits per heavy atom. The molecule has 0 amide bonds. The average Bonchev–Trinajstić information content (AvgIpc) is 2.32. The number of nitrogens with one attached hydrogen (secondary N) is 1. The molecule has 3 heteroatoms. The molecule has 0 aliphatic heterocycles. The number of benzene rings is 1. The van der Waals surface area contributed by atoms with E-state index in [4.69, 9.17) is 0 Å². The number of hydrogen-bond donors (Lipinski definition) is 1. The van der Waals surface area contributed by atoms with Gasteiger partial charge in [-0.1, -0.05) is 25.1 Å². The van der Waals surface area contributed by atoms with E-state index in [2.05, 4.69) is 31.1 Å². The molecule has 0 aliphatic carbocycles. The molecule has 2 nitrogen and oxygen atoms in total. The molecule has 0 saturated carbocycles. The molecule has 1 aromatic carbocycles. The van der Waals surface area contributed by atoms with Gasteiger partial charge in [-0.3, -0.25) is 0 Å². The molecule has 1 N–H and O–H groups in total. The van der Waals surface area contributed by atoms with Crippen LogP contribution in [-0.2, 0) is 6.42 Å². The molecule has 0 spiro atoms. The molecular formula is C14H23FN2. The molecular weight excluding hydrogens is 215 g/mol. The van der Waals surface area contributed by atoms with Crippen molar-refractivity contribution in [3.05, 3.63) is 35.6 Å². The molecule has 1 unspecified atom stereocenters. The minimum absolute atomic E-state index is 0.105. The maximum absolute atomic E-state index is 13.4. The first-order valence-corrected chi connectivity index (χ1v) is 6.28. The smallest absolute Gasteiger partial charge is 0.126 e. The van der Waals surface area contributed by atoms with E-state index in [0.29, 0.717) is 6.04 Å². The highest BCUT2D eigenvalue weighted by atomic mass is 19.1. The zero-order valence-corrected chi connectivity index (χ0v) is 11.0. The van der Waals surface area contributed by atoms with Crippen LogP contribution in [0.1, 0.15) is 19.4 Å². The van der Waals surface area contributed by atoms with Gasteiger partial charge in [-0.15, -0.1) is 0 Å². The third-order valence-corrected chi connectivity index (χ3v) is 3.01. The van der Waals surface area contributed by atoms with Gasteiger partial charge < -0.3 is 10.2 Å². The van der Waals surface area contributed by atoms with E-state index in [1.165, 1.54) is 6.07 Å². The van der Waals surface area contributed by atoms with Crippen LogP contribution in [0, 0.1) is 5.82 Å². The van der Waals surface area contributed by atoms with Crippen LogP contribution in [-0.4, -0.2) is 37.6 Å². The van der Waals surface area contributed by atoms with Gasteiger partial charge in [-0.05, 0) is 38.6 Å². The molecule has 0 heterocycles. The van der Waals surface area contributed by atoms with Gasteiger partial charge in [-0.25, -0.2) is 4.39 Å². The molecule has 1 atom stereocenters. The third-order valence-electron chi connectivity index (χ3n) is 3.01. The van der Waals surface area contributed by atoms with Crippen molar-refractivity contribution in [2.75, 3.05) is 26.7 Å². The second-order valence-electron chi connectivity index (χ2n) is 4.55. The zero-order chi connectivity index (χ0) is 12.7. The molecule has 0 bridgehead atoms. The van der Waals surface area contributed by atoms with Gasteiger partial charge in [0.15, 0.2) is 0 Å². The highest BCUT2D eigenvalue weighted by Crippen LogP contribution is 2.08. The fourth-order valence-electron chi connectivity index (χ4n) is 1.73. The fourth-order valence-corrected chi connectivity index (χ4v) is 1.73. The van der Waals surface area contributed by atoms with Gasteiger partial charge >= 0.3 is 0 Å². The Bertz CT molecular complexity index is 328. The standard InChI is InChI=1S/C14H23FN2/c1-4-17(3)10-9-16-12(2)11-13-7-5-6-8-14(13)15/h5-8,12,16H,4,9-11H2,1-3H3. The summed E-state index contributed by atoms with van der Waals surface area (Å²) in [4.78, 5) is 2.25. The number of rotatable bonds is 7. The Morgan fingerprint density at radius 1 is 1.35 bits per heavy atom. The minimum Gasteiger partial charge on any atom is -0.313 e. The molecule has 0 aromatic heterocycles. The predicted octanol–water partition coefficient (Wildman–Crippen LogP) is 2.30. The van der Waals surface area contributed by atoms with E-state index in [1.807, 2.05) is 12.1 Å². The summed E-state index contributed by atoms with van der Waals surface area (Å²) in [7, 11) is 2.10. The fraction of sp³-hybridized carbons (Fsp3) is 0.571. The third kappa shape index (κ3) is 5.29. The first-order chi connectivity index (χ1) is 8.13. The van der Waals surface area contributed by atoms with Gasteiger partial charge in [0.2, 0.25) is 0 Å². The first kappa shape index (κ1) is 14.1. The van der Waals surface area contributed by atoms with Crippen LogP contribution < -0.4 is 5.32 Å². The lowest BCUT2D eigenvalue weighted by molar-refractivity contribution is 0.341. The predicted molar refractivity (Wildman–Crippen MR) is 70.7 cm³/mol. The second-order valence-corrected chi connectivity index (χ2v) is 4.55. The molecule has 1 aromatic rings. The number of likely N-dealkylation sites (N-methyl/N-ethyl adjacent to an activating group) is 1. The lowest BCUT2D eigenvalue weighted by Gasteiger charge is -2.18. The minimum atomic E-state index is -0.105. The summed E-state index contributed by atoms with van der Waals surface area (Å²) < 4.78 is 13.4. The maximum atomic E-state index is 13.4. The zero-order valence-electron chi connectivity index (χ0n) is 11.0. The van der Waals surface area contributed by atoms with Crippen LogP contribution in [0.25, 0.3) is 0 Å². The van der Waals surface area contributed by atoms with Crippen LogP contribution in [0.15, 0.2) is 24.3 Å². The van der Waals surface area contributed by atoms with Gasteiger partial charge in [0.05, 0.1) is 0 Å². The molecule has 17 heavy (non-hydrogen) atoms. The Morgan fingerprint density at radius 2 is 2.06 bits per heavy atom. The van der Waals surface area contributed by atoms with E-state index in [0.717, 1.165) is 31.6 Å². The summed E-state index contributed by atoms with van der Waals surface area (Å²) in [6, 6.07) is 7.29. The van der Waals surface area contributed by atoms with Crippen LogP contribution in [0.2, 0.25) is 0 Å². The Kier molecular flexibility index (Phi) is 6.16.